The molecule has 0 bridgehead atoms. The molecular weight excluding hydrogens is 460 g/mol. The molecule has 1 saturated heterocycles. The largest absolute Gasteiger partial charge is 0.497 e. The lowest BCUT2D eigenvalue weighted by molar-refractivity contribution is 0.0587. The van der Waals surface area contributed by atoms with Crippen LogP contribution in [-0.4, -0.2) is 69.1 Å². The molecular formula is C24H32N2O7S. The minimum atomic E-state index is -3.99. The van der Waals surface area contributed by atoms with E-state index in [2.05, 4.69) is 0 Å². The summed E-state index contributed by atoms with van der Waals surface area (Å²) in [7, 11) is -1.20. The van der Waals surface area contributed by atoms with Crippen molar-refractivity contribution in [3.8, 4) is 5.75 Å². The number of sulfonamides is 1. The quantitative estimate of drug-likeness (QED) is 0.371. The summed E-state index contributed by atoms with van der Waals surface area (Å²) in [6.07, 6.45) is 1.28. The maximum absolute atomic E-state index is 13.5. The average Bonchev–Trinajstić information content (AvgIpc) is 3.43. The molecule has 9 nitrogen and oxygen atoms in total. The normalized spacial score (nSPS) is 16.1. The van der Waals surface area contributed by atoms with E-state index >= 15 is 0 Å². The zero-order valence-corrected chi connectivity index (χ0v) is 21.1. The molecule has 1 atom stereocenters. The fraction of sp³-hybridized carbons (Fsp3) is 0.500. The lowest BCUT2D eigenvalue weighted by Crippen LogP contribution is -2.41. The number of methoxy groups -OCH3 is 2. The summed E-state index contributed by atoms with van der Waals surface area (Å²) in [5.74, 6) is -0.394. The first kappa shape index (κ1) is 25.9. The number of ether oxygens (including phenoxy) is 3. The molecule has 1 fully saturated rings. The van der Waals surface area contributed by atoms with Crippen LogP contribution in [0.2, 0.25) is 0 Å². The summed E-state index contributed by atoms with van der Waals surface area (Å²) in [6, 6.07) is 6.05. The van der Waals surface area contributed by atoms with Gasteiger partial charge in [-0.25, -0.2) is 13.2 Å². The smallest absolute Gasteiger partial charge is 0.354 e. The molecule has 186 valence electrons. The third-order valence-corrected chi connectivity index (χ3v) is 8.01. The van der Waals surface area contributed by atoms with Crippen LogP contribution in [0.15, 0.2) is 29.2 Å². The SMILES string of the molecule is CCn1c(C)c(C(=O)CN(CC2CCCO2)S(=O)(=O)c2ccc(OC)cc2)c(C)c1C(=O)OC. The second kappa shape index (κ2) is 10.7. The van der Waals surface area contributed by atoms with Gasteiger partial charge in [0.05, 0.1) is 31.8 Å². The molecule has 1 aromatic carbocycles. The van der Waals surface area contributed by atoms with Gasteiger partial charge in [0.2, 0.25) is 10.0 Å². The van der Waals surface area contributed by atoms with Gasteiger partial charge in [0.25, 0.3) is 0 Å². The zero-order valence-electron chi connectivity index (χ0n) is 20.3. The first-order valence-corrected chi connectivity index (χ1v) is 12.7. The molecule has 34 heavy (non-hydrogen) atoms. The van der Waals surface area contributed by atoms with Crippen molar-refractivity contribution in [1.82, 2.24) is 8.87 Å². The Hall–Kier alpha value is -2.69. The van der Waals surface area contributed by atoms with Crippen LogP contribution < -0.4 is 4.74 Å². The second-order valence-electron chi connectivity index (χ2n) is 8.20. The zero-order chi connectivity index (χ0) is 25.0. The van der Waals surface area contributed by atoms with E-state index in [-0.39, 0.29) is 29.9 Å². The Kier molecular flexibility index (Phi) is 8.17. The molecule has 0 aliphatic carbocycles. The Bertz CT molecular complexity index is 1150. The van der Waals surface area contributed by atoms with Gasteiger partial charge in [0, 0.05) is 31.0 Å². The summed E-state index contributed by atoms with van der Waals surface area (Å²) >= 11 is 0. The van der Waals surface area contributed by atoms with Crippen molar-refractivity contribution in [3.63, 3.8) is 0 Å². The van der Waals surface area contributed by atoms with Crippen LogP contribution in [0, 0.1) is 13.8 Å². The van der Waals surface area contributed by atoms with Crippen molar-refractivity contribution >= 4 is 21.8 Å². The molecule has 2 heterocycles. The van der Waals surface area contributed by atoms with Crippen molar-refractivity contribution in [2.45, 2.75) is 51.2 Å². The van der Waals surface area contributed by atoms with Crippen LogP contribution in [-0.2, 0) is 26.0 Å². The van der Waals surface area contributed by atoms with Crippen molar-refractivity contribution in [3.05, 3.63) is 46.8 Å². The number of ketones is 1. The molecule has 1 aromatic heterocycles. The highest BCUT2D eigenvalue weighted by Gasteiger charge is 2.33. The Morgan fingerprint density at radius 1 is 1.18 bits per heavy atom. The maximum atomic E-state index is 13.5. The van der Waals surface area contributed by atoms with E-state index < -0.39 is 16.0 Å². The van der Waals surface area contributed by atoms with Crippen LogP contribution in [0.4, 0.5) is 0 Å². The topological polar surface area (TPSA) is 104 Å². The van der Waals surface area contributed by atoms with Crippen LogP contribution in [0.3, 0.4) is 0 Å². The third-order valence-electron chi connectivity index (χ3n) is 6.19. The Morgan fingerprint density at radius 3 is 2.38 bits per heavy atom. The van der Waals surface area contributed by atoms with Crippen molar-refractivity contribution in [1.29, 1.82) is 0 Å². The lowest BCUT2D eigenvalue weighted by Gasteiger charge is -2.24. The number of carbonyl (C=O) groups is 2. The summed E-state index contributed by atoms with van der Waals surface area (Å²) in [4.78, 5) is 25.9. The number of Topliss-reactive ketones (excluding diaryl/α,β-unsaturated/α-hetero) is 1. The third kappa shape index (κ3) is 5.03. The molecule has 10 heteroatoms. The van der Waals surface area contributed by atoms with E-state index in [1.165, 1.54) is 30.7 Å². The van der Waals surface area contributed by atoms with E-state index in [0.717, 1.165) is 12.8 Å². The molecule has 2 aromatic rings. The molecule has 0 spiro atoms. The highest BCUT2D eigenvalue weighted by molar-refractivity contribution is 7.89. The molecule has 0 amide bonds. The minimum Gasteiger partial charge on any atom is -0.497 e. The maximum Gasteiger partial charge on any atom is 0.354 e. The van der Waals surface area contributed by atoms with E-state index in [1.54, 1.807) is 30.5 Å². The number of hydrogen-bond donors (Lipinski definition) is 0. The van der Waals surface area contributed by atoms with Crippen LogP contribution in [0.25, 0.3) is 0 Å². The van der Waals surface area contributed by atoms with Gasteiger partial charge in [-0.3, -0.25) is 4.79 Å². The monoisotopic (exact) mass is 492 g/mol. The number of esters is 1. The molecule has 1 aliphatic heterocycles. The van der Waals surface area contributed by atoms with E-state index in [1.807, 2.05) is 6.92 Å². The van der Waals surface area contributed by atoms with Gasteiger partial charge < -0.3 is 18.8 Å². The second-order valence-corrected chi connectivity index (χ2v) is 10.1. The number of aromatic nitrogens is 1. The van der Waals surface area contributed by atoms with Crippen LogP contribution >= 0.6 is 0 Å². The fourth-order valence-corrected chi connectivity index (χ4v) is 5.89. The van der Waals surface area contributed by atoms with Gasteiger partial charge in [-0.15, -0.1) is 0 Å². The predicted molar refractivity (Wildman–Crippen MR) is 126 cm³/mol. The van der Waals surface area contributed by atoms with E-state index in [4.69, 9.17) is 14.2 Å². The van der Waals surface area contributed by atoms with Crippen LogP contribution in [0.1, 0.15) is 51.9 Å². The average molecular weight is 493 g/mol. The van der Waals surface area contributed by atoms with Gasteiger partial charge in [0.15, 0.2) is 5.78 Å². The lowest BCUT2D eigenvalue weighted by atomic mass is 10.1. The highest BCUT2D eigenvalue weighted by atomic mass is 32.2. The molecule has 1 unspecified atom stereocenters. The fourth-order valence-electron chi connectivity index (χ4n) is 4.46. The number of hydrogen-bond acceptors (Lipinski definition) is 7. The van der Waals surface area contributed by atoms with Gasteiger partial charge in [-0.1, -0.05) is 0 Å². The summed E-state index contributed by atoms with van der Waals surface area (Å²) in [5.41, 5.74) is 1.72. The van der Waals surface area contributed by atoms with Crippen molar-refractivity contribution in [2.75, 3.05) is 33.9 Å². The van der Waals surface area contributed by atoms with Crippen molar-refractivity contribution in [2.24, 2.45) is 0 Å². The number of benzene rings is 1. The first-order valence-electron chi connectivity index (χ1n) is 11.2. The minimum absolute atomic E-state index is 0.0638. The van der Waals surface area contributed by atoms with Gasteiger partial charge in [-0.2, -0.15) is 4.31 Å². The number of rotatable bonds is 10. The molecule has 0 N–H and O–H groups in total. The summed E-state index contributed by atoms with van der Waals surface area (Å²) in [6.45, 7) is 6.02. The van der Waals surface area contributed by atoms with Crippen LogP contribution in [0.5, 0.6) is 5.75 Å². The molecule has 0 saturated carbocycles. The van der Waals surface area contributed by atoms with Gasteiger partial charge >= 0.3 is 5.97 Å². The molecule has 1 aliphatic rings. The summed E-state index contributed by atoms with van der Waals surface area (Å²) in [5, 5.41) is 0. The molecule has 0 radical (unpaired) electrons. The van der Waals surface area contributed by atoms with E-state index in [9.17, 15) is 18.0 Å². The Morgan fingerprint density at radius 2 is 1.85 bits per heavy atom. The van der Waals surface area contributed by atoms with E-state index in [0.29, 0.717) is 41.4 Å². The highest BCUT2D eigenvalue weighted by Crippen LogP contribution is 2.26. The first-order chi connectivity index (χ1) is 16.1. The number of carbonyl (C=O) groups excluding carboxylic acids is 2. The number of nitrogens with zero attached hydrogens (tertiary/aromatic N) is 2. The van der Waals surface area contributed by atoms with Crippen molar-refractivity contribution < 1.29 is 32.2 Å². The van der Waals surface area contributed by atoms with Gasteiger partial charge in [0.1, 0.15) is 11.4 Å². The Balaban J connectivity index is 1.99. The summed E-state index contributed by atoms with van der Waals surface area (Å²) < 4.78 is 45.7. The molecule has 3 rings (SSSR count). The van der Waals surface area contributed by atoms with Gasteiger partial charge in [-0.05, 0) is 63.4 Å². The Labute approximate surface area is 200 Å². The predicted octanol–water partition coefficient (Wildman–Crippen LogP) is 2.97. The standard InChI is InChI=1S/C24H32N2O7S/c1-6-26-17(3)22(16(2)23(26)24(28)32-5)21(27)15-25(14-19-8-7-13-33-19)34(29,30)20-11-9-18(31-4)10-12-20/h9-12,19H,6-8,13-15H2,1-5H3.